The summed E-state index contributed by atoms with van der Waals surface area (Å²) in [5.74, 6) is 3.79. The highest BCUT2D eigenvalue weighted by molar-refractivity contribution is 6.11. The third-order valence-electron chi connectivity index (χ3n) is 6.19. The number of Topliss-reactive ketones (excluding diaryl/α,β-unsaturated/α-hetero) is 2. The number of halogens is 2. The van der Waals surface area contributed by atoms with Gasteiger partial charge in [-0.15, -0.1) is 5.92 Å². The molecule has 1 saturated heterocycles. The highest BCUT2D eigenvalue weighted by atomic mass is 19.3. The van der Waals surface area contributed by atoms with Gasteiger partial charge in [-0.3, -0.25) is 14.4 Å². The number of carbonyl (C=O) groups is 3. The highest BCUT2D eigenvalue weighted by Gasteiger charge is 2.48. The van der Waals surface area contributed by atoms with Crippen LogP contribution in [0.4, 0.5) is 8.78 Å². The number of ketones is 2. The standard InChI is InChI=1S/C23H25F2NO4/c1-4-5-15-10-14(2)19(18(11-15)30-3)20-16(27)12-23(13-17(20)28)6-8-26(9-7-23)22(29)21(24)25/h10-11,20-21H,6-9,12-13H2,1-3H3. The minimum Gasteiger partial charge on any atom is -0.496 e. The van der Waals surface area contributed by atoms with Gasteiger partial charge in [-0.25, -0.2) is 0 Å². The van der Waals surface area contributed by atoms with Gasteiger partial charge in [0.05, 0.1) is 7.11 Å². The highest BCUT2D eigenvalue weighted by Crippen LogP contribution is 2.47. The Bertz CT molecular complexity index is 917. The van der Waals surface area contributed by atoms with Gasteiger partial charge in [0, 0.05) is 37.1 Å². The molecule has 0 N–H and O–H groups in total. The van der Waals surface area contributed by atoms with Crippen LogP contribution in [0.3, 0.4) is 0 Å². The molecule has 0 radical (unpaired) electrons. The Hall–Kier alpha value is -2.75. The molecular weight excluding hydrogens is 392 g/mol. The summed E-state index contributed by atoms with van der Waals surface area (Å²) in [5.41, 5.74) is 1.54. The van der Waals surface area contributed by atoms with E-state index in [0.717, 1.165) is 16.0 Å². The molecule has 5 nitrogen and oxygen atoms in total. The van der Waals surface area contributed by atoms with E-state index in [4.69, 9.17) is 4.74 Å². The fraction of sp³-hybridized carbons (Fsp3) is 0.522. The van der Waals surface area contributed by atoms with Gasteiger partial charge < -0.3 is 9.64 Å². The summed E-state index contributed by atoms with van der Waals surface area (Å²) >= 11 is 0. The quantitative estimate of drug-likeness (QED) is 0.559. The molecule has 1 heterocycles. The van der Waals surface area contributed by atoms with E-state index in [0.29, 0.717) is 24.2 Å². The van der Waals surface area contributed by atoms with Gasteiger partial charge in [-0.1, -0.05) is 5.92 Å². The number of likely N-dealkylation sites (tertiary alicyclic amines) is 1. The Morgan fingerprint density at radius 1 is 1.20 bits per heavy atom. The van der Waals surface area contributed by atoms with Crippen molar-refractivity contribution in [1.82, 2.24) is 4.90 Å². The second kappa shape index (κ2) is 8.55. The lowest BCUT2D eigenvalue weighted by atomic mass is 9.63. The van der Waals surface area contributed by atoms with E-state index >= 15 is 0 Å². The van der Waals surface area contributed by atoms with Gasteiger partial charge in [0.25, 0.3) is 5.91 Å². The largest absolute Gasteiger partial charge is 0.496 e. The third-order valence-corrected chi connectivity index (χ3v) is 6.19. The van der Waals surface area contributed by atoms with Crippen molar-refractivity contribution in [3.8, 4) is 17.6 Å². The van der Waals surface area contributed by atoms with Crippen molar-refractivity contribution < 1.29 is 27.9 Å². The Labute approximate surface area is 174 Å². The maximum atomic E-state index is 13.1. The number of ether oxygens (including phenoxy) is 1. The topological polar surface area (TPSA) is 63.7 Å². The van der Waals surface area contributed by atoms with Gasteiger partial charge in [0.2, 0.25) is 0 Å². The third kappa shape index (κ3) is 4.09. The summed E-state index contributed by atoms with van der Waals surface area (Å²) in [7, 11) is 1.50. The molecule has 1 aromatic carbocycles. The van der Waals surface area contributed by atoms with E-state index in [1.807, 2.05) is 13.0 Å². The van der Waals surface area contributed by atoms with E-state index in [2.05, 4.69) is 11.8 Å². The van der Waals surface area contributed by atoms with Crippen molar-refractivity contribution in [3.63, 3.8) is 0 Å². The lowest BCUT2D eigenvalue weighted by Crippen LogP contribution is -2.49. The number of nitrogens with zero attached hydrogens (tertiary/aromatic N) is 1. The SMILES string of the molecule is CC#Cc1cc(C)c(C2C(=O)CC3(CCN(C(=O)C(F)F)CC3)CC2=O)c(OC)c1. The molecule has 0 aromatic heterocycles. The Balaban J connectivity index is 1.83. The summed E-state index contributed by atoms with van der Waals surface area (Å²) in [6.45, 7) is 3.84. The zero-order chi connectivity index (χ0) is 22.1. The molecule has 30 heavy (non-hydrogen) atoms. The summed E-state index contributed by atoms with van der Waals surface area (Å²) in [6, 6.07) is 3.58. The molecule has 0 unspecified atom stereocenters. The monoisotopic (exact) mass is 417 g/mol. The van der Waals surface area contributed by atoms with Crippen LogP contribution >= 0.6 is 0 Å². The second-order valence-corrected chi connectivity index (χ2v) is 8.13. The predicted molar refractivity (Wildman–Crippen MR) is 107 cm³/mol. The molecule has 1 amide bonds. The molecule has 1 spiro atoms. The molecule has 1 aliphatic carbocycles. The van der Waals surface area contributed by atoms with Gasteiger partial charge in [0.1, 0.15) is 23.2 Å². The summed E-state index contributed by atoms with van der Waals surface area (Å²) in [4.78, 5) is 38.9. The van der Waals surface area contributed by atoms with Crippen LogP contribution in [-0.2, 0) is 14.4 Å². The van der Waals surface area contributed by atoms with Crippen LogP contribution in [0.25, 0.3) is 0 Å². The number of rotatable bonds is 3. The first-order valence-electron chi connectivity index (χ1n) is 9.95. The smallest absolute Gasteiger partial charge is 0.315 e. The fourth-order valence-electron chi connectivity index (χ4n) is 4.72. The number of alkyl halides is 2. The maximum absolute atomic E-state index is 13.1. The van der Waals surface area contributed by atoms with Gasteiger partial charge in [-0.2, -0.15) is 8.78 Å². The normalized spacial score (nSPS) is 19.1. The van der Waals surface area contributed by atoms with Crippen LogP contribution < -0.4 is 4.74 Å². The van der Waals surface area contributed by atoms with Crippen molar-refractivity contribution in [3.05, 3.63) is 28.8 Å². The number of carbonyl (C=O) groups excluding carboxylic acids is 3. The average molecular weight is 417 g/mol. The summed E-state index contributed by atoms with van der Waals surface area (Å²) in [6.07, 6.45) is -1.90. The van der Waals surface area contributed by atoms with Crippen LogP contribution in [0.15, 0.2) is 12.1 Å². The van der Waals surface area contributed by atoms with Crippen molar-refractivity contribution in [2.24, 2.45) is 5.41 Å². The van der Waals surface area contributed by atoms with Gasteiger partial charge in [-0.05, 0) is 49.8 Å². The molecule has 1 aromatic rings. The van der Waals surface area contributed by atoms with Gasteiger partial charge >= 0.3 is 6.43 Å². The van der Waals surface area contributed by atoms with E-state index < -0.39 is 23.7 Å². The first-order valence-corrected chi connectivity index (χ1v) is 9.95. The fourth-order valence-corrected chi connectivity index (χ4v) is 4.72. The first kappa shape index (κ1) is 21.9. The van der Waals surface area contributed by atoms with Crippen LogP contribution in [-0.4, -0.2) is 49.0 Å². The molecule has 3 rings (SSSR count). The Morgan fingerprint density at radius 3 is 2.30 bits per heavy atom. The Morgan fingerprint density at radius 2 is 1.80 bits per heavy atom. The van der Waals surface area contributed by atoms with E-state index in [1.54, 1.807) is 13.0 Å². The van der Waals surface area contributed by atoms with Crippen LogP contribution in [0, 0.1) is 24.2 Å². The van der Waals surface area contributed by atoms with Crippen molar-refractivity contribution in [2.45, 2.75) is 51.9 Å². The molecule has 0 atom stereocenters. The lowest BCUT2D eigenvalue weighted by Gasteiger charge is -2.44. The van der Waals surface area contributed by atoms with E-state index in [1.165, 1.54) is 7.11 Å². The molecule has 0 bridgehead atoms. The zero-order valence-corrected chi connectivity index (χ0v) is 17.4. The first-order chi connectivity index (χ1) is 14.2. The number of amides is 1. The van der Waals surface area contributed by atoms with Crippen molar-refractivity contribution in [2.75, 3.05) is 20.2 Å². The van der Waals surface area contributed by atoms with Crippen molar-refractivity contribution in [1.29, 1.82) is 0 Å². The number of methoxy groups -OCH3 is 1. The number of aryl methyl sites for hydroxylation is 1. The lowest BCUT2D eigenvalue weighted by molar-refractivity contribution is -0.147. The average Bonchev–Trinajstić information content (AvgIpc) is 2.69. The molecule has 160 valence electrons. The molecule has 7 heteroatoms. The summed E-state index contributed by atoms with van der Waals surface area (Å²) < 4.78 is 30.8. The maximum Gasteiger partial charge on any atom is 0.315 e. The number of benzene rings is 1. The molecular formula is C23H25F2NO4. The molecule has 1 aliphatic heterocycles. The van der Waals surface area contributed by atoms with Crippen LogP contribution in [0.5, 0.6) is 5.75 Å². The molecule has 2 aliphatic rings. The number of hydrogen-bond acceptors (Lipinski definition) is 4. The van der Waals surface area contributed by atoms with Crippen molar-refractivity contribution >= 4 is 17.5 Å². The van der Waals surface area contributed by atoms with Gasteiger partial charge in [0.15, 0.2) is 0 Å². The minimum atomic E-state index is -3.03. The Kier molecular flexibility index (Phi) is 6.25. The van der Waals surface area contributed by atoms with Crippen LogP contribution in [0.2, 0.25) is 0 Å². The zero-order valence-electron chi connectivity index (χ0n) is 17.4. The molecule has 1 saturated carbocycles. The van der Waals surface area contributed by atoms with Crippen LogP contribution in [0.1, 0.15) is 55.2 Å². The minimum absolute atomic E-state index is 0.140. The number of piperidine rings is 1. The van der Waals surface area contributed by atoms with E-state index in [9.17, 15) is 23.2 Å². The number of hydrogen-bond donors (Lipinski definition) is 0. The second-order valence-electron chi connectivity index (χ2n) is 8.13. The predicted octanol–water partition coefficient (Wildman–Crippen LogP) is 3.26. The van der Waals surface area contributed by atoms with E-state index in [-0.39, 0.29) is 37.5 Å². The molecule has 2 fully saturated rings. The summed E-state index contributed by atoms with van der Waals surface area (Å²) in [5, 5.41) is 0.